The van der Waals surface area contributed by atoms with Crippen molar-refractivity contribution in [3.8, 4) is 0 Å². The van der Waals surface area contributed by atoms with Crippen LogP contribution in [0.5, 0.6) is 0 Å². The Balaban J connectivity index is 2.33. The van der Waals surface area contributed by atoms with Crippen LogP contribution in [0.3, 0.4) is 0 Å². The molecular weight excluding hydrogens is 200 g/mol. The zero-order valence-corrected chi connectivity index (χ0v) is 10.7. The third-order valence-corrected chi connectivity index (χ3v) is 4.83. The molecule has 92 valence electrons. The Morgan fingerprint density at radius 3 is 2.25 bits per heavy atom. The summed E-state index contributed by atoms with van der Waals surface area (Å²) in [7, 11) is 0. The first kappa shape index (κ1) is 12.1. The molecule has 0 aliphatic heterocycles. The molecule has 0 saturated heterocycles. The molecule has 2 heteroatoms. The van der Waals surface area contributed by atoms with Crippen molar-refractivity contribution in [1.82, 2.24) is 0 Å². The molecule has 0 aromatic heterocycles. The first-order valence-corrected chi connectivity index (χ1v) is 6.50. The van der Waals surface area contributed by atoms with Crippen molar-refractivity contribution in [2.45, 2.75) is 52.6 Å². The van der Waals surface area contributed by atoms with Crippen molar-refractivity contribution in [2.24, 2.45) is 17.3 Å². The minimum Gasteiger partial charge on any atom is -0.396 e. The maximum absolute atomic E-state index is 10.2. The van der Waals surface area contributed by atoms with Gasteiger partial charge in [0.1, 0.15) is 0 Å². The molecule has 2 aliphatic carbocycles. The topological polar surface area (TPSA) is 40.5 Å². The molecule has 1 saturated carbocycles. The van der Waals surface area contributed by atoms with Crippen LogP contribution in [0, 0.1) is 17.3 Å². The second-order valence-corrected chi connectivity index (χ2v) is 6.03. The van der Waals surface area contributed by atoms with Gasteiger partial charge in [0.05, 0.1) is 6.10 Å². The fraction of sp³-hybridized carbons (Fsp3) is 0.857. The summed E-state index contributed by atoms with van der Waals surface area (Å²) in [6.45, 7) is 6.50. The van der Waals surface area contributed by atoms with E-state index in [-0.39, 0.29) is 17.9 Å². The first-order chi connectivity index (χ1) is 7.50. The molecular formula is C14H24O2. The molecule has 0 heterocycles. The Labute approximate surface area is 98.4 Å². The first-order valence-electron chi connectivity index (χ1n) is 6.50. The average Bonchev–Trinajstić information content (AvgIpc) is 2.75. The van der Waals surface area contributed by atoms with E-state index in [0.29, 0.717) is 5.92 Å². The van der Waals surface area contributed by atoms with Crippen molar-refractivity contribution < 1.29 is 10.2 Å². The monoisotopic (exact) mass is 224 g/mol. The smallest absolute Gasteiger partial charge is 0.0808 e. The van der Waals surface area contributed by atoms with Crippen LogP contribution in [-0.2, 0) is 0 Å². The van der Waals surface area contributed by atoms with Gasteiger partial charge in [0.2, 0.25) is 0 Å². The second kappa shape index (κ2) is 4.15. The van der Waals surface area contributed by atoms with Gasteiger partial charge in [0.15, 0.2) is 0 Å². The number of aliphatic hydroxyl groups is 2. The highest BCUT2D eigenvalue weighted by molar-refractivity contribution is 5.34. The SMILES string of the molecule is CC1=C(C2CCCC2)C(C)(C)[C@H](CO)[C@@H]1O. The number of allylic oxidation sites excluding steroid dienone is 1. The number of hydrogen-bond acceptors (Lipinski definition) is 2. The van der Waals surface area contributed by atoms with Crippen LogP contribution in [-0.4, -0.2) is 22.9 Å². The molecule has 1 fully saturated rings. The van der Waals surface area contributed by atoms with Gasteiger partial charge in [0, 0.05) is 12.5 Å². The van der Waals surface area contributed by atoms with Gasteiger partial charge in [-0.25, -0.2) is 0 Å². The Morgan fingerprint density at radius 1 is 1.25 bits per heavy atom. The fourth-order valence-electron chi connectivity index (χ4n) is 3.95. The van der Waals surface area contributed by atoms with Crippen LogP contribution in [0.25, 0.3) is 0 Å². The predicted molar refractivity (Wildman–Crippen MR) is 65.0 cm³/mol. The molecule has 2 atom stereocenters. The average molecular weight is 224 g/mol. The molecule has 2 nitrogen and oxygen atoms in total. The van der Waals surface area contributed by atoms with E-state index < -0.39 is 6.10 Å². The van der Waals surface area contributed by atoms with Gasteiger partial charge in [-0.2, -0.15) is 0 Å². The number of hydrogen-bond donors (Lipinski definition) is 2. The Morgan fingerprint density at radius 2 is 1.81 bits per heavy atom. The standard InChI is InChI=1S/C14H24O2/c1-9-12(10-6-4-5-7-10)14(2,3)11(8-15)13(9)16/h10-11,13,15-16H,4-8H2,1-3H3/t11-,13-/m1/s1. The highest BCUT2D eigenvalue weighted by Gasteiger charge is 2.47. The van der Waals surface area contributed by atoms with Crippen LogP contribution < -0.4 is 0 Å². The highest BCUT2D eigenvalue weighted by atomic mass is 16.3. The second-order valence-electron chi connectivity index (χ2n) is 6.03. The number of aliphatic hydroxyl groups excluding tert-OH is 2. The molecule has 0 aromatic carbocycles. The van der Waals surface area contributed by atoms with Gasteiger partial charge in [-0.05, 0) is 36.7 Å². The third-order valence-electron chi connectivity index (χ3n) is 4.83. The van der Waals surface area contributed by atoms with Crippen molar-refractivity contribution in [3.05, 3.63) is 11.1 Å². The van der Waals surface area contributed by atoms with Crippen molar-refractivity contribution in [2.75, 3.05) is 6.61 Å². The van der Waals surface area contributed by atoms with Crippen LogP contribution in [0.1, 0.15) is 46.5 Å². The molecule has 0 amide bonds. The summed E-state index contributed by atoms with van der Waals surface area (Å²) in [4.78, 5) is 0. The molecule has 0 radical (unpaired) electrons. The molecule has 2 rings (SSSR count). The largest absolute Gasteiger partial charge is 0.396 e. The van der Waals surface area contributed by atoms with E-state index in [1.54, 1.807) is 0 Å². The minimum absolute atomic E-state index is 0.0110. The van der Waals surface area contributed by atoms with Gasteiger partial charge in [0.25, 0.3) is 0 Å². The fourth-order valence-corrected chi connectivity index (χ4v) is 3.95. The van der Waals surface area contributed by atoms with Crippen molar-refractivity contribution in [3.63, 3.8) is 0 Å². The summed E-state index contributed by atoms with van der Waals surface area (Å²) in [5.74, 6) is 0.643. The Bertz CT molecular complexity index is 298. The van der Waals surface area contributed by atoms with Crippen molar-refractivity contribution >= 4 is 0 Å². The molecule has 2 aliphatic rings. The molecule has 0 unspecified atom stereocenters. The summed E-state index contributed by atoms with van der Waals surface area (Å²) in [6, 6.07) is 0. The van der Waals surface area contributed by atoms with Crippen LogP contribution in [0.15, 0.2) is 11.1 Å². The molecule has 2 N–H and O–H groups in total. The summed E-state index contributed by atoms with van der Waals surface area (Å²) in [5, 5.41) is 19.7. The zero-order chi connectivity index (χ0) is 11.9. The normalized spacial score (nSPS) is 35.1. The van der Waals surface area contributed by atoms with Gasteiger partial charge in [-0.15, -0.1) is 0 Å². The van der Waals surface area contributed by atoms with E-state index in [1.807, 2.05) is 0 Å². The van der Waals surface area contributed by atoms with E-state index in [1.165, 1.54) is 31.3 Å². The van der Waals surface area contributed by atoms with Gasteiger partial charge >= 0.3 is 0 Å². The molecule has 16 heavy (non-hydrogen) atoms. The lowest BCUT2D eigenvalue weighted by molar-refractivity contribution is 0.0518. The summed E-state index contributed by atoms with van der Waals surface area (Å²) in [5.41, 5.74) is 2.54. The maximum Gasteiger partial charge on any atom is 0.0808 e. The van der Waals surface area contributed by atoms with E-state index in [0.717, 1.165) is 5.57 Å². The maximum atomic E-state index is 10.2. The predicted octanol–water partition coefficient (Wildman–Crippen LogP) is 2.50. The highest BCUT2D eigenvalue weighted by Crippen LogP contribution is 2.53. The minimum atomic E-state index is -0.435. The van der Waals surface area contributed by atoms with E-state index >= 15 is 0 Å². The van der Waals surface area contributed by atoms with Gasteiger partial charge < -0.3 is 10.2 Å². The zero-order valence-electron chi connectivity index (χ0n) is 10.7. The van der Waals surface area contributed by atoms with Crippen LogP contribution in [0.4, 0.5) is 0 Å². The van der Waals surface area contributed by atoms with E-state index in [4.69, 9.17) is 0 Å². The van der Waals surface area contributed by atoms with Gasteiger partial charge in [-0.1, -0.05) is 32.3 Å². The van der Waals surface area contributed by atoms with E-state index in [9.17, 15) is 10.2 Å². The third kappa shape index (κ3) is 1.63. The summed E-state index contributed by atoms with van der Waals surface area (Å²) >= 11 is 0. The van der Waals surface area contributed by atoms with Crippen LogP contribution in [0.2, 0.25) is 0 Å². The quantitative estimate of drug-likeness (QED) is 0.708. The molecule has 0 spiro atoms. The Kier molecular flexibility index (Phi) is 3.15. The lowest BCUT2D eigenvalue weighted by Crippen LogP contribution is -2.32. The van der Waals surface area contributed by atoms with Crippen molar-refractivity contribution in [1.29, 1.82) is 0 Å². The lowest BCUT2D eigenvalue weighted by atomic mass is 9.72. The van der Waals surface area contributed by atoms with Crippen LogP contribution >= 0.6 is 0 Å². The summed E-state index contributed by atoms with van der Waals surface area (Å²) < 4.78 is 0. The number of rotatable bonds is 2. The molecule has 0 aromatic rings. The Hall–Kier alpha value is -0.340. The van der Waals surface area contributed by atoms with E-state index in [2.05, 4.69) is 20.8 Å². The summed E-state index contributed by atoms with van der Waals surface area (Å²) in [6.07, 6.45) is 4.73. The molecule has 0 bridgehead atoms. The lowest BCUT2D eigenvalue weighted by Gasteiger charge is -2.33. The van der Waals surface area contributed by atoms with Gasteiger partial charge in [-0.3, -0.25) is 0 Å².